The van der Waals surface area contributed by atoms with E-state index >= 15 is 0 Å². The highest BCUT2D eigenvalue weighted by Crippen LogP contribution is 1.95. The Morgan fingerprint density at radius 3 is 1.50 bits per heavy atom. The van der Waals surface area contributed by atoms with Crippen LogP contribution in [0.3, 0.4) is 0 Å². The summed E-state index contributed by atoms with van der Waals surface area (Å²) in [5.74, 6) is 0.511. The first kappa shape index (κ1) is 41.2. The highest BCUT2D eigenvalue weighted by atomic mass is 16.5. The van der Waals surface area contributed by atoms with Crippen LogP contribution in [0.1, 0.15) is 63.3 Å². The first-order valence-corrected chi connectivity index (χ1v) is 15.3. The van der Waals surface area contributed by atoms with Crippen molar-refractivity contribution in [1.82, 2.24) is 60.0 Å². The maximum Gasteiger partial charge on any atom is 0.151 e. The number of nitrogens with zero attached hydrogens (tertiary/aromatic N) is 12. The summed E-state index contributed by atoms with van der Waals surface area (Å²) in [7, 11) is 3.60. The number of Topliss-reactive ketones (excluding diaryl/α,β-unsaturated/α-hetero) is 4. The molecular weight excluding hydrogens is 624 g/mol. The minimum absolute atomic E-state index is 0.0879. The molecule has 0 N–H and O–H groups in total. The molecule has 0 radical (unpaired) electrons. The molecule has 0 saturated heterocycles. The fourth-order valence-corrected chi connectivity index (χ4v) is 3.42. The van der Waals surface area contributed by atoms with Gasteiger partial charge in [-0.1, -0.05) is 20.9 Å². The molecule has 0 atom stereocenters. The quantitative estimate of drug-likeness (QED) is 0.152. The average Bonchev–Trinajstić information content (AvgIpc) is 3.79. The Balaban J connectivity index is 0.000000324. The number of aryl methyl sites for hydroxylation is 4. The summed E-state index contributed by atoms with van der Waals surface area (Å²) in [6.07, 6.45) is 9.28. The lowest BCUT2D eigenvalue weighted by Gasteiger charge is -2.01. The Morgan fingerprint density at radius 1 is 0.583 bits per heavy atom. The van der Waals surface area contributed by atoms with E-state index in [1.165, 1.54) is 18.5 Å². The Labute approximate surface area is 280 Å². The van der Waals surface area contributed by atoms with Gasteiger partial charge in [-0.15, -0.1) is 20.4 Å². The number of ether oxygens (including phenoxy) is 2. The van der Waals surface area contributed by atoms with Gasteiger partial charge in [0.2, 0.25) is 0 Å². The summed E-state index contributed by atoms with van der Waals surface area (Å²) in [6.45, 7) is 13.0. The second-order valence-corrected chi connectivity index (χ2v) is 10.9. The predicted octanol–water partition coefficient (Wildman–Crippen LogP) is 1.06. The van der Waals surface area contributed by atoms with Crippen LogP contribution in [0.15, 0.2) is 24.8 Å². The lowest BCUT2D eigenvalue weighted by molar-refractivity contribution is -0.118. The summed E-state index contributed by atoms with van der Waals surface area (Å²) in [5, 5.41) is 30.3. The van der Waals surface area contributed by atoms with Crippen molar-refractivity contribution >= 4 is 23.1 Å². The van der Waals surface area contributed by atoms with Crippen molar-refractivity contribution in [2.24, 2.45) is 14.1 Å². The highest BCUT2D eigenvalue weighted by molar-refractivity contribution is 5.77. The average molecular weight is 673 g/mol. The molecule has 0 unspecified atom stereocenters. The third-order valence-electron chi connectivity index (χ3n) is 5.59. The fourth-order valence-electron chi connectivity index (χ4n) is 3.42. The molecule has 48 heavy (non-hydrogen) atoms. The maximum absolute atomic E-state index is 10.6. The van der Waals surface area contributed by atoms with Gasteiger partial charge in [0.15, 0.2) is 5.78 Å². The third-order valence-corrected chi connectivity index (χ3v) is 5.59. The van der Waals surface area contributed by atoms with Crippen molar-refractivity contribution in [1.29, 1.82) is 0 Å². The van der Waals surface area contributed by atoms with Crippen LogP contribution in [0.5, 0.6) is 0 Å². The number of hydrogen-bond donors (Lipinski definition) is 0. The number of carbonyl (C=O) groups is 4. The molecule has 264 valence electrons. The molecule has 18 nitrogen and oxygen atoms in total. The molecule has 4 rings (SSSR count). The van der Waals surface area contributed by atoms with Crippen molar-refractivity contribution in [2.75, 3.05) is 26.4 Å². The fraction of sp³-hybridized carbons (Fsp3) is 0.600. The van der Waals surface area contributed by atoms with Gasteiger partial charge in [0.05, 0.1) is 62.2 Å². The van der Waals surface area contributed by atoms with Crippen LogP contribution in [0.4, 0.5) is 0 Å². The van der Waals surface area contributed by atoms with Crippen molar-refractivity contribution in [3.8, 4) is 0 Å². The van der Waals surface area contributed by atoms with Crippen LogP contribution in [0.2, 0.25) is 0 Å². The van der Waals surface area contributed by atoms with Gasteiger partial charge in [-0.2, -0.15) is 0 Å². The highest BCUT2D eigenvalue weighted by Gasteiger charge is 2.01. The maximum atomic E-state index is 10.6. The van der Waals surface area contributed by atoms with E-state index in [9.17, 15) is 19.2 Å². The van der Waals surface area contributed by atoms with E-state index < -0.39 is 0 Å². The summed E-state index contributed by atoms with van der Waals surface area (Å²) < 4.78 is 17.0. The first-order chi connectivity index (χ1) is 22.7. The van der Waals surface area contributed by atoms with Crippen molar-refractivity contribution in [3.63, 3.8) is 0 Å². The molecular formula is C30H48N12O6. The largest absolute Gasteiger partial charge is 0.381 e. The monoisotopic (exact) mass is 672 g/mol. The minimum Gasteiger partial charge on any atom is -0.381 e. The topological polar surface area (TPSA) is 210 Å². The smallest absolute Gasteiger partial charge is 0.151 e. The molecule has 18 heteroatoms. The van der Waals surface area contributed by atoms with Gasteiger partial charge in [-0.3, -0.25) is 28.5 Å². The first-order valence-electron chi connectivity index (χ1n) is 15.3. The second kappa shape index (κ2) is 23.5. The number of aromatic nitrogens is 12. The van der Waals surface area contributed by atoms with E-state index in [-0.39, 0.29) is 23.1 Å². The molecule has 4 heterocycles. The molecule has 0 aliphatic carbocycles. The van der Waals surface area contributed by atoms with Crippen LogP contribution in [-0.2, 0) is 68.7 Å². The van der Waals surface area contributed by atoms with Gasteiger partial charge in [0.1, 0.15) is 23.9 Å². The second-order valence-electron chi connectivity index (χ2n) is 10.9. The molecule has 0 aliphatic heterocycles. The zero-order chi connectivity index (χ0) is 35.9. The van der Waals surface area contributed by atoms with Crippen LogP contribution in [-0.4, -0.2) is 110 Å². The Morgan fingerprint density at radius 2 is 1.08 bits per heavy atom. The SMILES string of the molecule is CC(=O)CCOCCc1cn(C)nn1.CC(=O)CCOCCn1cc(C)nn1.CC(=O)Cc1cn(C)nn1.CC(=O)Cn1cc(C)nn1. The standard InChI is InChI=1S/2C9H15N3O2.2C6H9N3O/c1-8-7-12(11-10-8)4-6-14-5-3-9(2)13;1-8(13)3-5-14-6-4-9-7-12(2)11-10-9;1-5(10)3-6-4-9(2)8-7-6;1-5-3-9(8-7-5)4-6(2)10/h2*7H,3-6H2,1-2H3;4H,3H2,1-2H3;3H,4H2,1-2H3. The van der Waals surface area contributed by atoms with Crippen LogP contribution in [0.25, 0.3) is 0 Å². The van der Waals surface area contributed by atoms with E-state index in [0.29, 0.717) is 58.8 Å². The Hall–Kier alpha value is -4.84. The van der Waals surface area contributed by atoms with Gasteiger partial charge in [-0.05, 0) is 41.5 Å². The van der Waals surface area contributed by atoms with Crippen LogP contribution in [0, 0.1) is 13.8 Å². The third kappa shape index (κ3) is 21.8. The van der Waals surface area contributed by atoms with Gasteiger partial charge < -0.3 is 9.47 Å². The molecule has 0 aromatic carbocycles. The van der Waals surface area contributed by atoms with Crippen molar-refractivity contribution < 1.29 is 28.7 Å². The lowest BCUT2D eigenvalue weighted by Crippen LogP contribution is -2.08. The Kier molecular flexibility index (Phi) is 20.1. The van der Waals surface area contributed by atoms with Gasteiger partial charge in [0, 0.05) is 58.1 Å². The van der Waals surface area contributed by atoms with Gasteiger partial charge in [-0.25, -0.2) is 9.36 Å². The summed E-state index contributed by atoms with van der Waals surface area (Å²) in [5.41, 5.74) is 3.38. The van der Waals surface area contributed by atoms with E-state index in [1.54, 1.807) is 47.3 Å². The summed E-state index contributed by atoms with van der Waals surface area (Å²) >= 11 is 0. The van der Waals surface area contributed by atoms with E-state index in [2.05, 4.69) is 41.2 Å². The summed E-state index contributed by atoms with van der Waals surface area (Å²) in [6, 6.07) is 0. The molecule has 4 aromatic rings. The normalized spacial score (nSPS) is 10.2. The molecule has 0 aliphatic rings. The van der Waals surface area contributed by atoms with Crippen molar-refractivity contribution in [2.45, 2.75) is 80.3 Å². The molecule has 0 bridgehead atoms. The molecule has 0 spiro atoms. The number of ketones is 4. The van der Waals surface area contributed by atoms with Gasteiger partial charge >= 0.3 is 0 Å². The summed E-state index contributed by atoms with van der Waals surface area (Å²) in [4.78, 5) is 42.2. The number of rotatable bonds is 16. The Bertz CT molecular complexity index is 1410. The molecule has 4 aromatic heterocycles. The number of carbonyl (C=O) groups excluding carboxylic acids is 4. The number of hydrogen-bond acceptors (Lipinski definition) is 14. The lowest BCUT2D eigenvalue weighted by atomic mass is 10.2. The minimum atomic E-state index is 0.0879. The zero-order valence-corrected chi connectivity index (χ0v) is 29.2. The van der Waals surface area contributed by atoms with Crippen molar-refractivity contribution in [3.05, 3.63) is 47.6 Å². The van der Waals surface area contributed by atoms with Crippen LogP contribution >= 0.6 is 0 Å². The van der Waals surface area contributed by atoms with E-state index in [4.69, 9.17) is 9.47 Å². The predicted molar refractivity (Wildman–Crippen MR) is 173 cm³/mol. The molecule has 0 fully saturated rings. The van der Waals surface area contributed by atoms with E-state index in [1.807, 2.05) is 33.3 Å². The van der Waals surface area contributed by atoms with E-state index in [0.717, 1.165) is 29.2 Å². The van der Waals surface area contributed by atoms with Gasteiger partial charge in [0.25, 0.3) is 0 Å². The molecule has 0 amide bonds. The van der Waals surface area contributed by atoms with Crippen LogP contribution < -0.4 is 0 Å². The molecule has 0 saturated carbocycles. The zero-order valence-electron chi connectivity index (χ0n) is 29.2.